The summed E-state index contributed by atoms with van der Waals surface area (Å²) >= 11 is 0. The van der Waals surface area contributed by atoms with E-state index < -0.39 is 6.10 Å². The van der Waals surface area contributed by atoms with Crippen molar-refractivity contribution in [3.8, 4) is 0 Å². The Bertz CT molecular complexity index is 844. The smallest absolute Gasteiger partial charge is 0.306 e. The number of carbonyl (C=O) groups excluding carboxylic acids is 3. The van der Waals surface area contributed by atoms with Gasteiger partial charge in [-0.2, -0.15) is 0 Å². The second kappa shape index (κ2) is 47.1. The molecule has 0 aliphatic rings. The highest BCUT2D eigenvalue weighted by Gasteiger charge is 2.19. The molecule has 0 saturated heterocycles. The SMILES string of the molecule is CCCCCCCCCCCCCCCCCCC(=O)OC[C@H](COC(=O)CCCCCCCCCCCCCCC)OC(=O)CCCCCCCCCCCC. The highest BCUT2D eigenvalue weighted by Crippen LogP contribution is 2.17. The molecule has 0 amide bonds. The number of carbonyl (C=O) groups is 3. The van der Waals surface area contributed by atoms with E-state index in [4.69, 9.17) is 14.2 Å². The van der Waals surface area contributed by atoms with Gasteiger partial charge in [0.25, 0.3) is 0 Å². The third-order valence-electron chi connectivity index (χ3n) is 11.6. The van der Waals surface area contributed by atoms with Crippen molar-refractivity contribution in [2.45, 2.75) is 297 Å². The topological polar surface area (TPSA) is 78.9 Å². The average molecular weight is 807 g/mol. The first-order valence-electron chi connectivity index (χ1n) is 25.5. The average Bonchev–Trinajstić information content (AvgIpc) is 3.21. The number of hydrogen-bond donors (Lipinski definition) is 0. The molecule has 0 aromatic rings. The number of esters is 3. The molecule has 0 bridgehead atoms. The largest absolute Gasteiger partial charge is 0.462 e. The Morgan fingerprint density at radius 1 is 0.281 bits per heavy atom. The van der Waals surface area contributed by atoms with Crippen LogP contribution in [0.2, 0.25) is 0 Å². The zero-order valence-electron chi connectivity index (χ0n) is 38.6. The minimum absolute atomic E-state index is 0.0620. The van der Waals surface area contributed by atoms with E-state index in [0.29, 0.717) is 19.3 Å². The van der Waals surface area contributed by atoms with Gasteiger partial charge in [0.1, 0.15) is 13.2 Å². The molecule has 0 saturated carbocycles. The predicted octanol–water partition coefficient (Wildman–Crippen LogP) is 16.4. The van der Waals surface area contributed by atoms with Crippen molar-refractivity contribution in [1.29, 1.82) is 0 Å². The fraction of sp³-hybridized carbons (Fsp3) is 0.941. The Morgan fingerprint density at radius 2 is 0.474 bits per heavy atom. The van der Waals surface area contributed by atoms with Gasteiger partial charge in [0.05, 0.1) is 0 Å². The third kappa shape index (κ3) is 45.3. The van der Waals surface area contributed by atoms with Gasteiger partial charge in [0.2, 0.25) is 0 Å². The highest BCUT2D eigenvalue weighted by atomic mass is 16.6. The molecule has 1 atom stereocenters. The lowest BCUT2D eigenvalue weighted by atomic mass is 10.0. The van der Waals surface area contributed by atoms with Crippen LogP contribution in [0.5, 0.6) is 0 Å². The summed E-state index contributed by atoms with van der Waals surface area (Å²) in [7, 11) is 0. The van der Waals surface area contributed by atoms with Crippen LogP contribution in [-0.4, -0.2) is 37.2 Å². The van der Waals surface area contributed by atoms with Crippen LogP contribution in [-0.2, 0) is 28.6 Å². The van der Waals surface area contributed by atoms with E-state index in [9.17, 15) is 14.4 Å². The van der Waals surface area contributed by atoms with Crippen molar-refractivity contribution in [2.75, 3.05) is 13.2 Å². The molecule has 0 fully saturated rings. The van der Waals surface area contributed by atoms with Gasteiger partial charge in [-0.1, -0.05) is 252 Å². The Kier molecular flexibility index (Phi) is 45.8. The van der Waals surface area contributed by atoms with E-state index in [0.717, 1.165) is 57.8 Å². The standard InChI is InChI=1S/C51H98O6/c1-4-7-10-13-16-19-22-24-25-26-28-30-33-35-38-41-44-50(53)56-47-48(57-51(54)45-42-39-36-31-21-18-15-12-9-6-3)46-55-49(52)43-40-37-34-32-29-27-23-20-17-14-11-8-5-2/h48H,4-47H2,1-3H3/t48-/m0/s1. The van der Waals surface area contributed by atoms with Gasteiger partial charge in [-0.3, -0.25) is 14.4 Å². The summed E-state index contributed by atoms with van der Waals surface area (Å²) in [5, 5.41) is 0. The van der Waals surface area contributed by atoms with E-state index in [1.54, 1.807) is 0 Å². The van der Waals surface area contributed by atoms with Crippen LogP contribution in [0.4, 0.5) is 0 Å². The van der Waals surface area contributed by atoms with Gasteiger partial charge < -0.3 is 14.2 Å². The predicted molar refractivity (Wildman–Crippen MR) is 243 cm³/mol. The molecule has 0 heterocycles. The molecule has 338 valence electrons. The van der Waals surface area contributed by atoms with Crippen LogP contribution in [0.15, 0.2) is 0 Å². The summed E-state index contributed by atoms with van der Waals surface area (Å²) in [6, 6.07) is 0. The van der Waals surface area contributed by atoms with Crippen LogP contribution in [0.1, 0.15) is 290 Å². The summed E-state index contributed by atoms with van der Waals surface area (Å²) < 4.78 is 16.8. The number of hydrogen-bond acceptors (Lipinski definition) is 6. The van der Waals surface area contributed by atoms with Gasteiger partial charge in [-0.15, -0.1) is 0 Å². The zero-order valence-corrected chi connectivity index (χ0v) is 38.6. The fourth-order valence-corrected chi connectivity index (χ4v) is 7.74. The second-order valence-electron chi connectivity index (χ2n) is 17.5. The van der Waals surface area contributed by atoms with Gasteiger partial charge in [0, 0.05) is 19.3 Å². The molecule has 6 heteroatoms. The van der Waals surface area contributed by atoms with Crippen LogP contribution < -0.4 is 0 Å². The lowest BCUT2D eigenvalue weighted by Gasteiger charge is -2.18. The molecule has 0 spiro atoms. The van der Waals surface area contributed by atoms with Crippen molar-refractivity contribution < 1.29 is 28.6 Å². The molecule has 0 aromatic carbocycles. The molecule has 0 rings (SSSR count). The van der Waals surface area contributed by atoms with E-state index in [-0.39, 0.29) is 31.1 Å². The molecular formula is C51H98O6. The summed E-state index contributed by atoms with van der Waals surface area (Å²) in [4.78, 5) is 37.8. The van der Waals surface area contributed by atoms with Crippen LogP contribution >= 0.6 is 0 Å². The maximum Gasteiger partial charge on any atom is 0.306 e. The van der Waals surface area contributed by atoms with Crippen molar-refractivity contribution in [2.24, 2.45) is 0 Å². The van der Waals surface area contributed by atoms with Crippen LogP contribution in [0.25, 0.3) is 0 Å². The Hall–Kier alpha value is -1.59. The Labute approximate surface area is 355 Å². The molecule has 0 N–H and O–H groups in total. The Morgan fingerprint density at radius 3 is 0.702 bits per heavy atom. The molecule has 0 aromatic heterocycles. The second-order valence-corrected chi connectivity index (χ2v) is 17.5. The van der Waals surface area contributed by atoms with Gasteiger partial charge in [0.15, 0.2) is 6.10 Å². The van der Waals surface area contributed by atoms with E-state index in [1.165, 1.54) is 193 Å². The first-order valence-corrected chi connectivity index (χ1v) is 25.5. The normalized spacial score (nSPS) is 11.8. The highest BCUT2D eigenvalue weighted by molar-refractivity contribution is 5.71. The zero-order chi connectivity index (χ0) is 41.5. The molecule has 0 aliphatic heterocycles. The first kappa shape index (κ1) is 55.4. The maximum absolute atomic E-state index is 12.7. The van der Waals surface area contributed by atoms with E-state index in [1.807, 2.05) is 0 Å². The lowest BCUT2D eigenvalue weighted by molar-refractivity contribution is -0.167. The van der Waals surface area contributed by atoms with Crippen LogP contribution in [0, 0.1) is 0 Å². The van der Waals surface area contributed by atoms with Crippen molar-refractivity contribution in [3.05, 3.63) is 0 Å². The van der Waals surface area contributed by atoms with Gasteiger partial charge >= 0.3 is 17.9 Å². The molecule has 0 unspecified atom stereocenters. The monoisotopic (exact) mass is 807 g/mol. The molecule has 0 aliphatic carbocycles. The minimum atomic E-state index is -0.758. The number of ether oxygens (including phenoxy) is 3. The lowest BCUT2D eigenvalue weighted by Crippen LogP contribution is -2.30. The fourth-order valence-electron chi connectivity index (χ4n) is 7.74. The van der Waals surface area contributed by atoms with Crippen molar-refractivity contribution in [3.63, 3.8) is 0 Å². The Balaban J connectivity index is 4.26. The molecule has 57 heavy (non-hydrogen) atoms. The summed E-state index contributed by atoms with van der Waals surface area (Å²) in [6.45, 7) is 6.67. The number of rotatable bonds is 47. The van der Waals surface area contributed by atoms with E-state index >= 15 is 0 Å². The summed E-state index contributed by atoms with van der Waals surface area (Å²) in [5.74, 6) is -0.844. The molecular weight excluding hydrogens is 709 g/mol. The first-order chi connectivity index (χ1) is 28.0. The van der Waals surface area contributed by atoms with Gasteiger partial charge in [-0.25, -0.2) is 0 Å². The van der Waals surface area contributed by atoms with Crippen LogP contribution in [0.3, 0.4) is 0 Å². The van der Waals surface area contributed by atoms with Crippen molar-refractivity contribution in [1.82, 2.24) is 0 Å². The van der Waals surface area contributed by atoms with E-state index in [2.05, 4.69) is 20.8 Å². The van der Waals surface area contributed by atoms with Crippen molar-refractivity contribution >= 4 is 17.9 Å². The summed E-state index contributed by atoms with van der Waals surface area (Å²) in [5.41, 5.74) is 0. The van der Waals surface area contributed by atoms with Gasteiger partial charge in [-0.05, 0) is 19.3 Å². The third-order valence-corrected chi connectivity index (χ3v) is 11.6. The molecule has 6 nitrogen and oxygen atoms in total. The molecule has 0 radical (unpaired) electrons. The summed E-state index contributed by atoms with van der Waals surface area (Å²) in [6.07, 6.45) is 49.4. The maximum atomic E-state index is 12.7. The number of unbranched alkanes of at least 4 members (excludes halogenated alkanes) is 36. The quantitative estimate of drug-likeness (QED) is 0.0346. The minimum Gasteiger partial charge on any atom is -0.462 e.